The van der Waals surface area contributed by atoms with Gasteiger partial charge in [-0.3, -0.25) is 39.0 Å². The van der Waals surface area contributed by atoms with Gasteiger partial charge in [-0.15, -0.1) is 0 Å². The minimum absolute atomic E-state index is 0.219. The number of ketones is 4. The number of nitrogens with two attached hydrogens (primary N) is 1. The molecule has 3 aliphatic carbocycles. The van der Waals surface area contributed by atoms with Gasteiger partial charge in [0.1, 0.15) is 5.75 Å². The summed E-state index contributed by atoms with van der Waals surface area (Å²) in [7, 11) is 2.71. The molecule has 0 aromatic heterocycles. The molecule has 0 spiro atoms. The van der Waals surface area contributed by atoms with Crippen LogP contribution in [0, 0.1) is 33.8 Å². The SMILES string of the molecule is C[C@H]1c2cccc(O)c2C(=O)C2C(=O)[C@]3(O)C(=O)C(C(N)=O)C(=O)[C@@H](N(C)C)[C@@H]3[C@@H]([N+](=O)[O-])[C@@H]21. The average Bonchev–Trinajstić information content (AvgIpc) is 2.73. The number of aromatic hydroxyl groups is 1. The topological polar surface area (TPSA) is 198 Å². The number of nitrogens with zero attached hydrogens (tertiary/aromatic N) is 2. The van der Waals surface area contributed by atoms with E-state index in [-0.39, 0.29) is 11.1 Å². The largest absolute Gasteiger partial charge is 0.507 e. The number of nitro groups is 1. The Labute approximate surface area is 192 Å². The Morgan fingerprint density at radius 2 is 1.79 bits per heavy atom. The van der Waals surface area contributed by atoms with Gasteiger partial charge in [-0.25, -0.2) is 0 Å². The highest BCUT2D eigenvalue weighted by Crippen LogP contribution is 2.55. The van der Waals surface area contributed by atoms with Crippen molar-refractivity contribution in [2.75, 3.05) is 14.1 Å². The van der Waals surface area contributed by atoms with E-state index >= 15 is 0 Å². The average molecular weight is 473 g/mol. The second-order valence-corrected chi connectivity index (χ2v) is 9.39. The first-order valence-electron chi connectivity index (χ1n) is 10.6. The van der Waals surface area contributed by atoms with Crippen LogP contribution in [0.5, 0.6) is 5.75 Å². The van der Waals surface area contributed by atoms with Crippen LogP contribution in [-0.2, 0) is 19.2 Å². The van der Waals surface area contributed by atoms with E-state index in [1.54, 1.807) is 6.92 Å². The molecular weight excluding hydrogens is 450 g/mol. The van der Waals surface area contributed by atoms with Gasteiger partial charge in [-0.05, 0) is 31.6 Å². The lowest BCUT2D eigenvalue weighted by atomic mass is 9.49. The number of phenolic OH excluding ortho intramolecular Hbond substituents is 1. The van der Waals surface area contributed by atoms with Crippen molar-refractivity contribution in [1.29, 1.82) is 0 Å². The Morgan fingerprint density at radius 3 is 2.32 bits per heavy atom. The summed E-state index contributed by atoms with van der Waals surface area (Å²) in [6, 6.07) is 0.716. The van der Waals surface area contributed by atoms with Gasteiger partial charge in [-0.2, -0.15) is 0 Å². The predicted molar refractivity (Wildman–Crippen MR) is 112 cm³/mol. The molecule has 2 saturated carbocycles. The fraction of sp³-hybridized carbons (Fsp3) is 0.500. The van der Waals surface area contributed by atoms with Crippen LogP contribution in [0.3, 0.4) is 0 Å². The number of fused-ring (bicyclic) bond motifs is 3. The smallest absolute Gasteiger partial charge is 0.235 e. The summed E-state index contributed by atoms with van der Waals surface area (Å²) in [6.07, 6.45) is 0. The zero-order valence-electron chi connectivity index (χ0n) is 18.5. The summed E-state index contributed by atoms with van der Waals surface area (Å²) in [5.74, 6) is -14.8. The number of primary amides is 1. The van der Waals surface area contributed by atoms with Crippen molar-refractivity contribution in [3.05, 3.63) is 39.4 Å². The Morgan fingerprint density at radius 1 is 1.18 bits per heavy atom. The van der Waals surface area contributed by atoms with Crippen molar-refractivity contribution in [3.8, 4) is 5.75 Å². The standard InChI is InChI=1S/C22H23N3O9/c1-7-8-5-4-6-9(26)11(8)17(27)12-10(7)15(25(33)34)14-16(24(2)3)18(28)13(21(23)31)20(30)22(14,32)19(12)29/h4-7,10,12-16,26,32H,1-3H3,(H2,23,31)/t7-,10+,12?,13?,14-,15-,16-,22-/m0/s1. The molecule has 4 rings (SSSR count). The van der Waals surface area contributed by atoms with E-state index in [1.165, 1.54) is 37.2 Å². The maximum absolute atomic E-state index is 13.7. The molecule has 2 fully saturated rings. The quantitative estimate of drug-likeness (QED) is 0.269. The van der Waals surface area contributed by atoms with Crippen LogP contribution in [0.15, 0.2) is 18.2 Å². The number of hydrogen-bond donors (Lipinski definition) is 3. The number of hydrogen-bond acceptors (Lipinski definition) is 10. The van der Waals surface area contributed by atoms with E-state index in [4.69, 9.17) is 5.73 Å². The molecule has 1 amide bonds. The number of carbonyl (C=O) groups is 5. The summed E-state index contributed by atoms with van der Waals surface area (Å²) in [5, 5.41) is 34.3. The van der Waals surface area contributed by atoms with Crippen LogP contribution in [0.1, 0.15) is 28.8 Å². The minimum atomic E-state index is -3.18. The Hall–Kier alpha value is -3.51. The second-order valence-electron chi connectivity index (χ2n) is 9.39. The normalized spacial score (nSPS) is 37.1. The highest BCUT2D eigenvalue weighted by Gasteiger charge is 2.76. The molecule has 4 N–H and O–H groups in total. The van der Waals surface area contributed by atoms with E-state index in [0.29, 0.717) is 0 Å². The number of carbonyl (C=O) groups excluding carboxylic acids is 5. The molecule has 34 heavy (non-hydrogen) atoms. The molecule has 180 valence electrons. The zero-order chi connectivity index (χ0) is 25.4. The summed E-state index contributed by atoms with van der Waals surface area (Å²) in [5.41, 5.74) is 2.12. The molecule has 0 heterocycles. The van der Waals surface area contributed by atoms with Crippen LogP contribution in [0.2, 0.25) is 0 Å². The molecule has 1 aromatic rings. The number of amides is 1. The molecule has 0 radical (unpaired) electrons. The van der Waals surface area contributed by atoms with Gasteiger partial charge < -0.3 is 15.9 Å². The first-order valence-corrected chi connectivity index (χ1v) is 10.6. The van der Waals surface area contributed by atoms with E-state index in [2.05, 4.69) is 0 Å². The number of benzene rings is 1. The van der Waals surface area contributed by atoms with Crippen molar-refractivity contribution in [2.24, 2.45) is 29.4 Å². The molecule has 0 aliphatic heterocycles. The third-order valence-corrected chi connectivity index (χ3v) is 7.60. The molecular formula is C22H23N3O9. The minimum Gasteiger partial charge on any atom is -0.507 e. The Kier molecular flexibility index (Phi) is 5.22. The van der Waals surface area contributed by atoms with Gasteiger partial charge in [-0.1, -0.05) is 19.1 Å². The third-order valence-electron chi connectivity index (χ3n) is 7.60. The zero-order valence-corrected chi connectivity index (χ0v) is 18.5. The van der Waals surface area contributed by atoms with Crippen LogP contribution in [0.4, 0.5) is 0 Å². The van der Waals surface area contributed by atoms with Gasteiger partial charge in [0.05, 0.1) is 29.4 Å². The number of phenols is 1. The van der Waals surface area contributed by atoms with Gasteiger partial charge >= 0.3 is 0 Å². The number of likely N-dealkylation sites (N-methyl/N-ethyl adjacent to an activating group) is 1. The first kappa shape index (κ1) is 23.6. The maximum atomic E-state index is 13.7. The molecule has 8 atom stereocenters. The number of aliphatic hydroxyl groups is 1. The van der Waals surface area contributed by atoms with E-state index in [0.717, 1.165) is 0 Å². The van der Waals surface area contributed by atoms with Gasteiger partial charge in [0.15, 0.2) is 34.7 Å². The van der Waals surface area contributed by atoms with Crippen molar-refractivity contribution < 1.29 is 39.1 Å². The Bertz CT molecular complexity index is 1180. The lowest BCUT2D eigenvalue weighted by Crippen LogP contribution is -2.78. The van der Waals surface area contributed by atoms with Gasteiger partial charge in [0.25, 0.3) is 0 Å². The van der Waals surface area contributed by atoms with Crippen LogP contribution in [0.25, 0.3) is 0 Å². The van der Waals surface area contributed by atoms with E-state index in [1.807, 2.05) is 0 Å². The highest BCUT2D eigenvalue weighted by atomic mass is 16.6. The Balaban J connectivity index is 2.04. The molecule has 12 heteroatoms. The molecule has 0 bridgehead atoms. The lowest BCUT2D eigenvalue weighted by molar-refractivity contribution is -0.551. The number of rotatable bonds is 3. The summed E-state index contributed by atoms with van der Waals surface area (Å²) < 4.78 is 0. The summed E-state index contributed by atoms with van der Waals surface area (Å²) in [4.78, 5) is 78.4. The number of Topliss-reactive ketones (excluding diaryl/α,β-unsaturated/α-hetero) is 4. The fourth-order valence-electron chi connectivity index (χ4n) is 6.22. The third kappa shape index (κ3) is 2.75. The maximum Gasteiger partial charge on any atom is 0.235 e. The molecule has 2 unspecified atom stereocenters. The first-order chi connectivity index (χ1) is 15.8. The fourth-order valence-corrected chi connectivity index (χ4v) is 6.22. The van der Waals surface area contributed by atoms with E-state index < -0.39 is 87.0 Å². The van der Waals surface area contributed by atoms with Crippen molar-refractivity contribution in [2.45, 2.75) is 30.5 Å². The predicted octanol–water partition coefficient (Wildman–Crippen LogP) is -1.32. The van der Waals surface area contributed by atoms with Crippen molar-refractivity contribution in [1.82, 2.24) is 4.90 Å². The molecule has 0 saturated heterocycles. The summed E-state index contributed by atoms with van der Waals surface area (Å²) >= 11 is 0. The van der Waals surface area contributed by atoms with Gasteiger partial charge in [0, 0.05) is 4.92 Å². The molecule has 3 aliphatic rings. The second kappa shape index (κ2) is 7.50. The molecule has 12 nitrogen and oxygen atoms in total. The van der Waals surface area contributed by atoms with Crippen molar-refractivity contribution in [3.63, 3.8) is 0 Å². The van der Waals surface area contributed by atoms with Crippen LogP contribution >= 0.6 is 0 Å². The monoisotopic (exact) mass is 473 g/mol. The van der Waals surface area contributed by atoms with E-state index in [9.17, 15) is 44.3 Å². The van der Waals surface area contributed by atoms with Crippen LogP contribution in [-0.4, -0.2) is 80.9 Å². The van der Waals surface area contributed by atoms with Crippen molar-refractivity contribution >= 4 is 29.0 Å². The lowest BCUT2D eigenvalue weighted by Gasteiger charge is -2.54. The van der Waals surface area contributed by atoms with Gasteiger partial charge in [0.2, 0.25) is 11.9 Å². The molecule has 1 aromatic carbocycles. The summed E-state index contributed by atoms with van der Waals surface area (Å²) in [6.45, 7) is 1.54. The van der Waals surface area contributed by atoms with Crippen LogP contribution < -0.4 is 5.73 Å². The highest BCUT2D eigenvalue weighted by molar-refractivity contribution is 6.32.